The van der Waals surface area contributed by atoms with Crippen LogP contribution in [0.2, 0.25) is 0 Å². The minimum atomic E-state index is -0.0225. The highest BCUT2D eigenvalue weighted by molar-refractivity contribution is 7.10. The molecule has 5 heterocycles. The number of fused-ring (bicyclic) bond motifs is 2. The third kappa shape index (κ3) is 3.83. The SMILES string of the molecule is CCC(=O)N1CCc2c(nc3cc([C@@H]4CCCCN4Cc4csc(C)c4)[nH]n3c2=O)C1. The minimum Gasteiger partial charge on any atom is -0.336 e. The first-order valence-corrected chi connectivity index (χ1v) is 12.1. The summed E-state index contributed by atoms with van der Waals surface area (Å²) < 4.78 is 1.60. The summed E-state index contributed by atoms with van der Waals surface area (Å²) >= 11 is 1.80. The van der Waals surface area contributed by atoms with E-state index < -0.39 is 0 Å². The molecule has 3 aromatic rings. The van der Waals surface area contributed by atoms with E-state index in [9.17, 15) is 9.59 Å². The molecule has 164 valence electrons. The van der Waals surface area contributed by atoms with Crippen molar-refractivity contribution in [1.82, 2.24) is 24.4 Å². The normalized spacial score (nSPS) is 19.7. The van der Waals surface area contributed by atoms with Gasteiger partial charge in [0.25, 0.3) is 5.56 Å². The van der Waals surface area contributed by atoms with Crippen molar-refractivity contribution >= 4 is 22.9 Å². The predicted molar refractivity (Wildman–Crippen MR) is 121 cm³/mol. The third-order valence-electron chi connectivity index (χ3n) is 6.58. The molecule has 1 amide bonds. The number of hydrogen-bond acceptors (Lipinski definition) is 5. The highest BCUT2D eigenvalue weighted by Crippen LogP contribution is 2.32. The van der Waals surface area contributed by atoms with Crippen molar-refractivity contribution in [2.45, 2.75) is 65.1 Å². The van der Waals surface area contributed by atoms with Gasteiger partial charge in [0, 0.05) is 36.0 Å². The van der Waals surface area contributed by atoms with Gasteiger partial charge in [0.2, 0.25) is 5.91 Å². The van der Waals surface area contributed by atoms with Gasteiger partial charge in [-0.1, -0.05) is 13.3 Å². The number of nitrogens with one attached hydrogen (secondary N) is 1. The summed E-state index contributed by atoms with van der Waals surface area (Å²) in [6.07, 6.45) is 4.51. The molecule has 1 fully saturated rings. The molecule has 7 nitrogen and oxygen atoms in total. The van der Waals surface area contributed by atoms with Gasteiger partial charge in [0.05, 0.1) is 24.0 Å². The Bertz CT molecular complexity index is 1180. The highest BCUT2D eigenvalue weighted by Gasteiger charge is 2.28. The first-order valence-electron chi connectivity index (χ1n) is 11.2. The fourth-order valence-corrected chi connectivity index (χ4v) is 5.67. The second kappa shape index (κ2) is 8.24. The number of aromatic nitrogens is 3. The zero-order valence-electron chi connectivity index (χ0n) is 18.2. The lowest BCUT2D eigenvalue weighted by Gasteiger charge is -2.34. The average molecular weight is 440 g/mol. The Morgan fingerprint density at radius 3 is 2.94 bits per heavy atom. The lowest BCUT2D eigenvalue weighted by atomic mass is 9.99. The largest absolute Gasteiger partial charge is 0.336 e. The van der Waals surface area contributed by atoms with Crippen LogP contribution < -0.4 is 5.56 Å². The molecule has 0 bridgehead atoms. The molecular weight excluding hydrogens is 410 g/mol. The van der Waals surface area contributed by atoms with Crippen LogP contribution in [-0.2, 0) is 24.3 Å². The Kier molecular flexibility index (Phi) is 5.44. The summed E-state index contributed by atoms with van der Waals surface area (Å²) in [4.78, 5) is 35.8. The molecule has 1 N–H and O–H groups in total. The number of hydrogen-bond donors (Lipinski definition) is 1. The summed E-state index contributed by atoms with van der Waals surface area (Å²) in [5.41, 5.74) is 4.53. The van der Waals surface area contributed by atoms with Crippen LogP contribution in [0.25, 0.3) is 5.65 Å². The van der Waals surface area contributed by atoms with E-state index in [1.165, 1.54) is 23.3 Å². The maximum absolute atomic E-state index is 13.2. The number of H-pyrrole nitrogens is 1. The number of thiophene rings is 1. The molecule has 1 atom stereocenters. The molecule has 0 spiro atoms. The van der Waals surface area contributed by atoms with Gasteiger partial charge < -0.3 is 4.90 Å². The first-order chi connectivity index (χ1) is 15.0. The van der Waals surface area contributed by atoms with Crippen molar-refractivity contribution < 1.29 is 4.79 Å². The summed E-state index contributed by atoms with van der Waals surface area (Å²) in [6.45, 7) is 7.02. The Balaban J connectivity index is 1.47. The van der Waals surface area contributed by atoms with Gasteiger partial charge >= 0.3 is 0 Å². The maximum Gasteiger partial charge on any atom is 0.276 e. The maximum atomic E-state index is 13.2. The van der Waals surface area contributed by atoms with E-state index in [4.69, 9.17) is 4.98 Å². The van der Waals surface area contributed by atoms with Crippen molar-refractivity contribution in [3.05, 3.63) is 55.3 Å². The number of aryl methyl sites for hydroxylation is 1. The Labute approximate surface area is 185 Å². The van der Waals surface area contributed by atoms with Crippen molar-refractivity contribution in [3.63, 3.8) is 0 Å². The zero-order chi connectivity index (χ0) is 21.5. The predicted octanol–water partition coefficient (Wildman–Crippen LogP) is 3.41. The van der Waals surface area contributed by atoms with Gasteiger partial charge in [-0.05, 0) is 49.7 Å². The zero-order valence-corrected chi connectivity index (χ0v) is 19.0. The first kappa shape index (κ1) is 20.5. The van der Waals surface area contributed by atoms with Crippen molar-refractivity contribution in [3.8, 4) is 0 Å². The topological polar surface area (TPSA) is 73.7 Å². The Morgan fingerprint density at radius 1 is 1.29 bits per heavy atom. The Hall–Kier alpha value is -2.45. The van der Waals surface area contributed by atoms with Gasteiger partial charge in [-0.25, -0.2) is 9.50 Å². The second-order valence-corrected chi connectivity index (χ2v) is 9.83. The van der Waals surface area contributed by atoms with E-state index in [1.807, 2.05) is 17.9 Å². The number of rotatable bonds is 4. The summed E-state index contributed by atoms with van der Waals surface area (Å²) in [7, 11) is 0. The molecule has 8 heteroatoms. The van der Waals surface area contributed by atoms with Crippen LogP contribution in [0.1, 0.15) is 66.0 Å². The molecule has 1 saturated heterocycles. The molecule has 0 aliphatic carbocycles. The number of carbonyl (C=O) groups excluding carboxylic acids is 1. The average Bonchev–Trinajstić information content (AvgIpc) is 3.39. The monoisotopic (exact) mass is 439 g/mol. The fourth-order valence-electron chi connectivity index (χ4n) is 4.97. The molecular formula is C23H29N5O2S. The van der Waals surface area contributed by atoms with Gasteiger partial charge in [0.1, 0.15) is 0 Å². The van der Waals surface area contributed by atoms with Crippen LogP contribution in [-0.4, -0.2) is 43.4 Å². The van der Waals surface area contributed by atoms with Gasteiger partial charge in [-0.3, -0.25) is 19.6 Å². The lowest BCUT2D eigenvalue weighted by Crippen LogP contribution is -2.39. The van der Waals surface area contributed by atoms with Crippen LogP contribution in [0.15, 0.2) is 22.3 Å². The molecule has 2 aliphatic rings. The molecule has 2 aliphatic heterocycles. The van der Waals surface area contributed by atoms with Crippen molar-refractivity contribution in [2.24, 2.45) is 0 Å². The van der Waals surface area contributed by atoms with Gasteiger partial charge in [-0.15, -0.1) is 11.3 Å². The molecule has 0 aromatic carbocycles. The van der Waals surface area contributed by atoms with Crippen LogP contribution in [0.4, 0.5) is 0 Å². The summed E-state index contributed by atoms with van der Waals surface area (Å²) in [5, 5.41) is 5.62. The number of likely N-dealkylation sites (tertiary alicyclic amines) is 1. The Morgan fingerprint density at radius 2 is 2.16 bits per heavy atom. The van der Waals surface area contributed by atoms with E-state index in [-0.39, 0.29) is 17.5 Å². The second-order valence-electron chi connectivity index (χ2n) is 8.71. The van der Waals surface area contributed by atoms with E-state index >= 15 is 0 Å². The molecule has 31 heavy (non-hydrogen) atoms. The van der Waals surface area contributed by atoms with Crippen LogP contribution in [0, 0.1) is 6.92 Å². The van der Waals surface area contributed by atoms with Crippen LogP contribution >= 0.6 is 11.3 Å². The minimum absolute atomic E-state index is 0.0225. The molecule has 0 radical (unpaired) electrons. The quantitative estimate of drug-likeness (QED) is 0.676. The number of aromatic amines is 1. The number of carbonyl (C=O) groups is 1. The number of piperidine rings is 1. The van der Waals surface area contributed by atoms with Crippen LogP contribution in [0.5, 0.6) is 0 Å². The van der Waals surface area contributed by atoms with E-state index in [0.29, 0.717) is 31.6 Å². The third-order valence-corrected chi connectivity index (χ3v) is 7.49. The number of nitrogens with zero attached hydrogens (tertiary/aromatic N) is 4. The smallest absolute Gasteiger partial charge is 0.276 e. The lowest BCUT2D eigenvalue weighted by molar-refractivity contribution is -0.131. The van der Waals surface area contributed by atoms with E-state index in [0.717, 1.165) is 36.5 Å². The van der Waals surface area contributed by atoms with Crippen LogP contribution in [0.3, 0.4) is 0 Å². The molecule has 0 unspecified atom stereocenters. The molecule has 3 aromatic heterocycles. The molecule has 5 rings (SSSR count). The summed E-state index contributed by atoms with van der Waals surface area (Å²) in [5.74, 6) is 0.115. The van der Waals surface area contributed by atoms with Gasteiger partial charge in [-0.2, -0.15) is 0 Å². The molecule has 0 saturated carbocycles. The highest BCUT2D eigenvalue weighted by atomic mass is 32.1. The van der Waals surface area contributed by atoms with Crippen molar-refractivity contribution in [1.29, 1.82) is 0 Å². The van der Waals surface area contributed by atoms with Gasteiger partial charge in [0.15, 0.2) is 5.65 Å². The number of amides is 1. The van der Waals surface area contributed by atoms with Crippen molar-refractivity contribution in [2.75, 3.05) is 13.1 Å². The standard InChI is InChI=1S/C23H29N5O2S/c1-3-22(29)27-9-7-17-19(13-27)24-21-11-18(25-28(21)23(17)30)20-6-4-5-8-26(20)12-16-10-15(2)31-14-16/h10-11,14,20,25H,3-9,12-13H2,1-2H3/t20-/m0/s1. The van der Waals surface area contributed by atoms with E-state index in [2.05, 4.69) is 28.4 Å². The summed E-state index contributed by atoms with van der Waals surface area (Å²) in [6, 6.07) is 4.56. The fraction of sp³-hybridized carbons (Fsp3) is 0.522. The van der Waals surface area contributed by atoms with E-state index in [1.54, 1.807) is 15.9 Å².